The van der Waals surface area contributed by atoms with Crippen molar-refractivity contribution in [3.8, 4) is 0 Å². The van der Waals surface area contributed by atoms with Crippen LogP contribution in [0.25, 0.3) is 0 Å². The van der Waals surface area contributed by atoms with E-state index in [1.807, 2.05) is 0 Å². The molecule has 5 atom stereocenters. The molecule has 2 aliphatic rings. The number of halogens is 3. The Hall–Kier alpha value is -1.31. The number of esters is 2. The molecule has 1 aliphatic heterocycles. The van der Waals surface area contributed by atoms with E-state index in [1.165, 1.54) is 14.2 Å². The molecular weight excluding hydrogens is 303 g/mol. The number of carbonyl (C=O) groups is 2. The van der Waals surface area contributed by atoms with E-state index in [0.29, 0.717) is 12.8 Å². The van der Waals surface area contributed by atoms with Crippen LogP contribution in [-0.2, 0) is 19.1 Å². The summed E-state index contributed by atoms with van der Waals surface area (Å²) >= 11 is 0. The Morgan fingerprint density at radius 3 is 2.18 bits per heavy atom. The molecule has 1 aliphatic carbocycles. The Morgan fingerprint density at radius 2 is 1.64 bits per heavy atom. The third kappa shape index (κ3) is 3.21. The average molecular weight is 323 g/mol. The number of piperidine rings is 1. The lowest BCUT2D eigenvalue weighted by Gasteiger charge is -2.46. The Bertz CT molecular complexity index is 440. The fourth-order valence-corrected chi connectivity index (χ4v) is 3.74. The van der Waals surface area contributed by atoms with Crippen molar-refractivity contribution in [1.29, 1.82) is 0 Å². The van der Waals surface area contributed by atoms with E-state index in [9.17, 15) is 22.8 Å². The summed E-state index contributed by atoms with van der Waals surface area (Å²) in [6, 6.07) is -1.99. The molecule has 8 heteroatoms. The molecule has 5 nitrogen and oxygen atoms in total. The molecule has 0 unspecified atom stereocenters. The smallest absolute Gasteiger partial charge is 0.403 e. The normalized spacial score (nSPS) is 35.4. The van der Waals surface area contributed by atoms with Crippen LogP contribution in [-0.4, -0.2) is 44.4 Å². The number of fused-ring (bicyclic) bond motifs is 1. The highest BCUT2D eigenvalue weighted by molar-refractivity contribution is 5.82. The van der Waals surface area contributed by atoms with Crippen molar-refractivity contribution in [1.82, 2.24) is 5.32 Å². The van der Waals surface area contributed by atoms with Gasteiger partial charge in [-0.2, -0.15) is 13.2 Å². The van der Waals surface area contributed by atoms with Crippen LogP contribution in [0.5, 0.6) is 0 Å². The lowest BCUT2D eigenvalue weighted by atomic mass is 9.65. The largest absolute Gasteiger partial charge is 0.469 e. The Balaban J connectivity index is 2.19. The molecule has 1 N–H and O–H groups in total. The first-order chi connectivity index (χ1) is 10.3. The van der Waals surface area contributed by atoms with Crippen molar-refractivity contribution in [3.63, 3.8) is 0 Å². The summed E-state index contributed by atoms with van der Waals surface area (Å²) in [6.45, 7) is 0. The quantitative estimate of drug-likeness (QED) is 0.783. The van der Waals surface area contributed by atoms with Crippen molar-refractivity contribution >= 4 is 11.9 Å². The molecule has 1 saturated heterocycles. The van der Waals surface area contributed by atoms with Gasteiger partial charge >= 0.3 is 18.1 Å². The molecule has 0 aromatic heterocycles. The van der Waals surface area contributed by atoms with Crippen molar-refractivity contribution in [3.05, 3.63) is 0 Å². The van der Waals surface area contributed by atoms with E-state index in [1.54, 1.807) is 0 Å². The molecule has 1 heterocycles. The van der Waals surface area contributed by atoms with Crippen LogP contribution < -0.4 is 5.32 Å². The van der Waals surface area contributed by atoms with Crippen molar-refractivity contribution in [2.24, 2.45) is 17.8 Å². The fraction of sp³-hybridized carbons (Fsp3) is 0.857. The van der Waals surface area contributed by atoms with Crippen LogP contribution in [0.3, 0.4) is 0 Å². The zero-order valence-corrected chi connectivity index (χ0v) is 12.5. The van der Waals surface area contributed by atoms with Crippen LogP contribution in [0, 0.1) is 17.8 Å². The predicted molar refractivity (Wildman–Crippen MR) is 69.7 cm³/mol. The van der Waals surface area contributed by atoms with Gasteiger partial charge in [-0.25, -0.2) is 0 Å². The van der Waals surface area contributed by atoms with Gasteiger partial charge in [-0.1, -0.05) is 0 Å². The summed E-state index contributed by atoms with van der Waals surface area (Å²) in [5.41, 5.74) is 0. The molecule has 0 amide bonds. The zero-order chi connectivity index (χ0) is 16.5. The van der Waals surface area contributed by atoms with Crippen molar-refractivity contribution < 1.29 is 32.2 Å². The SMILES string of the molecule is COC(=O)[C@@H]1[C@@H]2CC[C@H](C(F)(F)F)N[C@@H]2CC[C@H]1C(=O)OC. The lowest BCUT2D eigenvalue weighted by Crippen LogP contribution is -2.59. The molecule has 126 valence electrons. The van der Waals surface area contributed by atoms with Gasteiger partial charge in [0.15, 0.2) is 0 Å². The summed E-state index contributed by atoms with van der Waals surface area (Å²) < 4.78 is 48.0. The fourth-order valence-electron chi connectivity index (χ4n) is 3.74. The van der Waals surface area contributed by atoms with Gasteiger partial charge < -0.3 is 14.8 Å². The summed E-state index contributed by atoms with van der Waals surface area (Å²) in [6.07, 6.45) is -3.46. The van der Waals surface area contributed by atoms with E-state index in [0.717, 1.165) is 0 Å². The van der Waals surface area contributed by atoms with Crippen LogP contribution in [0.2, 0.25) is 0 Å². The summed E-state index contributed by atoms with van der Waals surface area (Å²) in [5, 5.41) is 2.60. The highest BCUT2D eigenvalue weighted by atomic mass is 19.4. The van der Waals surface area contributed by atoms with E-state index >= 15 is 0 Å². The van der Waals surface area contributed by atoms with Gasteiger partial charge in [-0.3, -0.25) is 9.59 Å². The monoisotopic (exact) mass is 323 g/mol. The predicted octanol–water partition coefficient (Wildman–Crippen LogP) is 1.66. The first-order valence-electron chi connectivity index (χ1n) is 7.28. The first-order valence-corrected chi connectivity index (χ1v) is 7.28. The Morgan fingerprint density at radius 1 is 1.00 bits per heavy atom. The number of hydrogen-bond donors (Lipinski definition) is 1. The second-order valence-corrected chi connectivity index (χ2v) is 5.86. The number of ether oxygens (including phenoxy) is 2. The van der Waals surface area contributed by atoms with Gasteiger partial charge in [0, 0.05) is 6.04 Å². The standard InChI is InChI=1S/C14H20F3NO4/c1-21-12(19)8-3-5-9-7(11(8)13(20)22-2)4-6-10(18-9)14(15,16)17/h7-11,18H,3-6H2,1-2H3/t7-,8-,9-,10-,11-/m1/s1. The minimum absolute atomic E-state index is 0.105. The maximum atomic E-state index is 12.9. The highest BCUT2D eigenvalue weighted by Crippen LogP contribution is 2.43. The van der Waals surface area contributed by atoms with Crippen molar-refractivity contribution in [2.45, 2.75) is 43.9 Å². The van der Waals surface area contributed by atoms with Crippen LogP contribution in [0.15, 0.2) is 0 Å². The second kappa shape index (κ2) is 6.44. The van der Waals surface area contributed by atoms with Crippen LogP contribution in [0.4, 0.5) is 13.2 Å². The van der Waals surface area contributed by atoms with Crippen molar-refractivity contribution in [2.75, 3.05) is 14.2 Å². The molecule has 1 saturated carbocycles. The number of nitrogens with one attached hydrogen (secondary N) is 1. The van der Waals surface area contributed by atoms with Crippen LogP contribution in [0.1, 0.15) is 25.7 Å². The van der Waals surface area contributed by atoms with Gasteiger partial charge in [0.25, 0.3) is 0 Å². The van der Waals surface area contributed by atoms with E-state index < -0.39 is 42.0 Å². The molecule has 2 rings (SSSR count). The van der Waals surface area contributed by atoms with Gasteiger partial charge in [-0.05, 0) is 31.6 Å². The average Bonchev–Trinajstić information content (AvgIpc) is 2.50. The zero-order valence-electron chi connectivity index (χ0n) is 12.5. The van der Waals surface area contributed by atoms with Gasteiger partial charge in [0.1, 0.15) is 6.04 Å². The van der Waals surface area contributed by atoms with Gasteiger partial charge in [-0.15, -0.1) is 0 Å². The molecule has 0 radical (unpaired) electrons. The molecule has 0 spiro atoms. The highest BCUT2D eigenvalue weighted by Gasteiger charge is 2.52. The van der Waals surface area contributed by atoms with Crippen LogP contribution >= 0.6 is 0 Å². The topological polar surface area (TPSA) is 64.6 Å². The van der Waals surface area contributed by atoms with Gasteiger partial charge in [0.2, 0.25) is 0 Å². The van der Waals surface area contributed by atoms with Gasteiger partial charge in [0.05, 0.1) is 26.1 Å². The Kier molecular flexibility index (Phi) is 4.99. The number of alkyl halides is 3. The second-order valence-electron chi connectivity index (χ2n) is 5.86. The molecule has 22 heavy (non-hydrogen) atoms. The number of carbonyl (C=O) groups excluding carboxylic acids is 2. The van der Waals surface area contributed by atoms with E-state index in [2.05, 4.69) is 5.32 Å². The molecular formula is C14H20F3NO4. The summed E-state index contributed by atoms with van der Waals surface area (Å²) in [7, 11) is 2.45. The molecule has 0 aromatic carbocycles. The third-order valence-electron chi connectivity index (χ3n) is 4.78. The molecule has 0 bridgehead atoms. The molecule has 2 fully saturated rings. The number of methoxy groups -OCH3 is 2. The first kappa shape index (κ1) is 17.1. The lowest BCUT2D eigenvalue weighted by molar-refractivity contribution is -0.177. The number of hydrogen-bond acceptors (Lipinski definition) is 5. The Labute approximate surface area is 126 Å². The summed E-state index contributed by atoms with van der Waals surface area (Å²) in [4.78, 5) is 23.9. The maximum absolute atomic E-state index is 12.9. The van der Waals surface area contributed by atoms with E-state index in [-0.39, 0.29) is 18.8 Å². The minimum atomic E-state index is -4.30. The number of rotatable bonds is 2. The van der Waals surface area contributed by atoms with E-state index in [4.69, 9.17) is 9.47 Å². The molecule has 0 aromatic rings. The maximum Gasteiger partial charge on any atom is 0.403 e. The summed E-state index contributed by atoms with van der Waals surface area (Å²) in [5.74, 6) is -2.81. The third-order valence-corrected chi connectivity index (χ3v) is 4.78. The minimum Gasteiger partial charge on any atom is -0.469 e.